The summed E-state index contributed by atoms with van der Waals surface area (Å²) in [7, 11) is 3.19. The van der Waals surface area contributed by atoms with Crippen LogP contribution in [-0.4, -0.2) is 28.0 Å². The fourth-order valence-electron chi connectivity index (χ4n) is 1.74. The first kappa shape index (κ1) is 12.4. The Morgan fingerprint density at radius 3 is 2.83 bits per heavy atom. The summed E-state index contributed by atoms with van der Waals surface area (Å²) in [5.41, 5.74) is 1.34. The highest BCUT2D eigenvalue weighted by atomic mass is 35.5. The minimum absolute atomic E-state index is 0.141. The molecule has 0 saturated carbocycles. The summed E-state index contributed by atoms with van der Waals surface area (Å²) < 4.78 is 6.62. The number of methoxy groups -OCH3 is 1. The number of aromatic nitrogens is 2. The Bertz CT molecular complexity index is 607. The van der Waals surface area contributed by atoms with Crippen LogP contribution in [0.1, 0.15) is 10.4 Å². The molecule has 18 heavy (non-hydrogen) atoms. The van der Waals surface area contributed by atoms with Crippen molar-refractivity contribution in [1.82, 2.24) is 9.78 Å². The second-order valence-corrected chi connectivity index (χ2v) is 4.09. The Hall–Kier alpha value is -2.01. The minimum Gasteiger partial charge on any atom is -0.495 e. The van der Waals surface area contributed by atoms with Gasteiger partial charge in [-0.15, -0.1) is 0 Å². The zero-order valence-corrected chi connectivity index (χ0v) is 10.6. The fourth-order valence-corrected chi connectivity index (χ4v) is 1.94. The zero-order valence-electron chi connectivity index (χ0n) is 9.85. The third-order valence-corrected chi connectivity index (χ3v) is 2.91. The van der Waals surface area contributed by atoms with Gasteiger partial charge in [0.1, 0.15) is 11.3 Å². The molecule has 1 aromatic heterocycles. The van der Waals surface area contributed by atoms with Crippen LogP contribution < -0.4 is 4.74 Å². The molecule has 94 valence electrons. The third-order valence-electron chi connectivity index (χ3n) is 2.59. The summed E-state index contributed by atoms with van der Waals surface area (Å²) in [6.45, 7) is 0. The molecule has 0 aliphatic heterocycles. The van der Waals surface area contributed by atoms with E-state index >= 15 is 0 Å². The maximum absolute atomic E-state index is 11.1. The lowest BCUT2D eigenvalue weighted by Crippen LogP contribution is -2.01. The Balaban J connectivity index is 2.61. The second-order valence-electron chi connectivity index (χ2n) is 3.68. The van der Waals surface area contributed by atoms with Crippen molar-refractivity contribution in [2.45, 2.75) is 0 Å². The van der Waals surface area contributed by atoms with Crippen molar-refractivity contribution in [2.75, 3.05) is 7.11 Å². The van der Waals surface area contributed by atoms with Crippen LogP contribution in [0.4, 0.5) is 0 Å². The molecule has 0 unspecified atom stereocenters. The number of carbonyl (C=O) groups is 1. The molecule has 0 atom stereocenters. The van der Waals surface area contributed by atoms with Gasteiger partial charge >= 0.3 is 5.97 Å². The van der Waals surface area contributed by atoms with E-state index in [-0.39, 0.29) is 5.56 Å². The minimum atomic E-state index is -1.02. The normalized spacial score (nSPS) is 10.4. The predicted molar refractivity (Wildman–Crippen MR) is 67.2 cm³/mol. The summed E-state index contributed by atoms with van der Waals surface area (Å²) in [5.74, 6) is -0.529. The van der Waals surface area contributed by atoms with Crippen molar-refractivity contribution in [3.05, 3.63) is 35.0 Å². The van der Waals surface area contributed by atoms with Crippen LogP contribution in [0.25, 0.3) is 11.3 Å². The van der Waals surface area contributed by atoms with Gasteiger partial charge in [0.2, 0.25) is 0 Å². The number of aryl methyl sites for hydroxylation is 1. The van der Waals surface area contributed by atoms with Gasteiger partial charge in [-0.2, -0.15) is 5.10 Å². The van der Waals surface area contributed by atoms with E-state index in [0.717, 1.165) is 0 Å². The van der Waals surface area contributed by atoms with Gasteiger partial charge in [0.25, 0.3) is 0 Å². The maximum atomic E-state index is 11.1. The second kappa shape index (κ2) is 4.70. The molecule has 1 aromatic carbocycles. The number of aromatic carboxylic acids is 1. The summed E-state index contributed by atoms with van der Waals surface area (Å²) in [6.07, 6.45) is 1.32. The highest BCUT2D eigenvalue weighted by molar-refractivity contribution is 6.32. The molecular weight excluding hydrogens is 256 g/mol. The molecule has 1 N–H and O–H groups in total. The predicted octanol–water partition coefficient (Wildman–Crippen LogP) is 2.45. The first-order valence-electron chi connectivity index (χ1n) is 5.13. The van der Waals surface area contributed by atoms with E-state index in [4.69, 9.17) is 21.4 Å². The van der Waals surface area contributed by atoms with Crippen LogP contribution in [0, 0.1) is 0 Å². The fraction of sp³-hybridized carbons (Fsp3) is 0.167. The standard InChI is InChI=1S/C12H11ClN2O3/c1-15-11(8(6-14-15)12(16)17)7-3-4-9(13)10(5-7)18-2/h3-6H,1-2H3,(H,16,17). The lowest BCUT2D eigenvalue weighted by molar-refractivity contribution is 0.0697. The largest absolute Gasteiger partial charge is 0.495 e. The summed E-state index contributed by atoms with van der Waals surface area (Å²) >= 11 is 5.94. The quantitative estimate of drug-likeness (QED) is 0.927. The van der Waals surface area contributed by atoms with E-state index in [1.807, 2.05) is 0 Å². The van der Waals surface area contributed by atoms with Gasteiger partial charge in [-0.1, -0.05) is 17.7 Å². The van der Waals surface area contributed by atoms with Crippen molar-refractivity contribution in [1.29, 1.82) is 0 Å². The van der Waals surface area contributed by atoms with Crippen LogP contribution in [0.3, 0.4) is 0 Å². The average Bonchev–Trinajstić information content (AvgIpc) is 2.72. The topological polar surface area (TPSA) is 64.3 Å². The highest BCUT2D eigenvalue weighted by Crippen LogP contribution is 2.31. The van der Waals surface area contributed by atoms with Crippen LogP contribution in [0.15, 0.2) is 24.4 Å². The highest BCUT2D eigenvalue weighted by Gasteiger charge is 2.17. The van der Waals surface area contributed by atoms with Crippen molar-refractivity contribution in [3.8, 4) is 17.0 Å². The van der Waals surface area contributed by atoms with Gasteiger partial charge in [-0.05, 0) is 12.1 Å². The van der Waals surface area contributed by atoms with Crippen molar-refractivity contribution in [2.24, 2.45) is 7.05 Å². The number of carboxylic acid groups (broad SMARTS) is 1. The Morgan fingerprint density at radius 1 is 1.50 bits per heavy atom. The van der Waals surface area contributed by atoms with E-state index in [1.54, 1.807) is 25.2 Å². The molecule has 0 aliphatic rings. The van der Waals surface area contributed by atoms with Crippen LogP contribution >= 0.6 is 11.6 Å². The molecule has 2 aromatic rings. The third kappa shape index (κ3) is 2.04. The monoisotopic (exact) mass is 266 g/mol. The van der Waals surface area contributed by atoms with Gasteiger partial charge < -0.3 is 9.84 Å². The number of rotatable bonds is 3. The van der Waals surface area contributed by atoms with Crippen molar-refractivity contribution >= 4 is 17.6 Å². The van der Waals surface area contributed by atoms with Crippen molar-refractivity contribution < 1.29 is 14.6 Å². The van der Waals surface area contributed by atoms with E-state index in [2.05, 4.69) is 5.10 Å². The van der Waals surface area contributed by atoms with Gasteiger partial charge in [0.15, 0.2) is 0 Å². The first-order chi connectivity index (χ1) is 8.54. The van der Waals surface area contributed by atoms with E-state index in [1.165, 1.54) is 18.0 Å². The zero-order chi connectivity index (χ0) is 13.3. The van der Waals surface area contributed by atoms with E-state index in [9.17, 15) is 4.79 Å². The Labute approximate surface area is 109 Å². The lowest BCUT2D eigenvalue weighted by atomic mass is 10.1. The van der Waals surface area contributed by atoms with Crippen LogP contribution in [0.2, 0.25) is 5.02 Å². The summed E-state index contributed by atoms with van der Waals surface area (Å²) in [5, 5.41) is 13.5. The van der Waals surface area contributed by atoms with Crippen molar-refractivity contribution in [3.63, 3.8) is 0 Å². The SMILES string of the molecule is COc1cc(-c2c(C(=O)O)cnn2C)ccc1Cl. The maximum Gasteiger partial charge on any atom is 0.339 e. The molecule has 0 radical (unpaired) electrons. The Morgan fingerprint density at radius 2 is 2.22 bits per heavy atom. The number of ether oxygens (including phenoxy) is 1. The first-order valence-corrected chi connectivity index (χ1v) is 5.51. The smallest absolute Gasteiger partial charge is 0.339 e. The average molecular weight is 267 g/mol. The molecule has 0 aliphatic carbocycles. The van der Waals surface area contributed by atoms with Crippen LogP contribution in [0.5, 0.6) is 5.75 Å². The van der Waals surface area contributed by atoms with Gasteiger partial charge in [0.05, 0.1) is 24.0 Å². The van der Waals surface area contributed by atoms with E-state index < -0.39 is 5.97 Å². The van der Waals surface area contributed by atoms with Crippen LogP contribution in [-0.2, 0) is 7.05 Å². The molecule has 0 fully saturated rings. The molecule has 0 amide bonds. The lowest BCUT2D eigenvalue weighted by Gasteiger charge is -2.08. The van der Waals surface area contributed by atoms with Gasteiger partial charge in [-0.3, -0.25) is 4.68 Å². The molecule has 0 bridgehead atoms. The number of benzene rings is 1. The van der Waals surface area contributed by atoms with Gasteiger partial charge in [0, 0.05) is 12.6 Å². The number of hydrogen-bond donors (Lipinski definition) is 1. The summed E-state index contributed by atoms with van der Waals surface area (Å²) in [6, 6.07) is 5.08. The number of hydrogen-bond acceptors (Lipinski definition) is 3. The molecule has 6 heteroatoms. The van der Waals surface area contributed by atoms with E-state index in [0.29, 0.717) is 22.0 Å². The molecule has 2 rings (SSSR count). The number of carboxylic acids is 1. The molecule has 1 heterocycles. The molecule has 0 saturated heterocycles. The number of nitrogens with zero attached hydrogens (tertiary/aromatic N) is 2. The molecule has 0 spiro atoms. The molecular formula is C12H11ClN2O3. The number of halogens is 1. The summed E-state index contributed by atoms with van der Waals surface area (Å²) in [4.78, 5) is 11.1. The molecule has 5 nitrogen and oxygen atoms in total. The Kier molecular flexibility index (Phi) is 3.25. The van der Waals surface area contributed by atoms with Gasteiger partial charge in [-0.25, -0.2) is 4.79 Å².